The second-order valence-corrected chi connectivity index (χ2v) is 8.91. The SMILES string of the molecule is CC(c1ccc(-c2cnc(NCc3cccc4c3CCO4)n3cnnc23)cc1)N1CCCC1. The molecule has 4 heterocycles. The van der Waals surface area contributed by atoms with Crippen LogP contribution in [0.15, 0.2) is 55.0 Å². The minimum Gasteiger partial charge on any atom is -0.493 e. The Labute approximate surface area is 193 Å². The van der Waals surface area contributed by atoms with Gasteiger partial charge in [-0.2, -0.15) is 0 Å². The van der Waals surface area contributed by atoms with E-state index in [9.17, 15) is 0 Å². The molecule has 1 saturated heterocycles. The van der Waals surface area contributed by atoms with Gasteiger partial charge in [-0.05, 0) is 55.6 Å². The smallest absolute Gasteiger partial charge is 0.210 e. The van der Waals surface area contributed by atoms with Crippen LogP contribution in [0.5, 0.6) is 5.75 Å². The molecule has 4 aromatic rings. The summed E-state index contributed by atoms with van der Waals surface area (Å²) in [4.78, 5) is 7.27. The topological polar surface area (TPSA) is 67.6 Å². The van der Waals surface area contributed by atoms with Crippen molar-refractivity contribution in [3.05, 3.63) is 71.7 Å². The minimum absolute atomic E-state index is 0.448. The van der Waals surface area contributed by atoms with Crippen LogP contribution >= 0.6 is 0 Å². The lowest BCUT2D eigenvalue weighted by molar-refractivity contribution is 0.263. The van der Waals surface area contributed by atoms with Crippen molar-refractivity contribution in [2.24, 2.45) is 0 Å². The van der Waals surface area contributed by atoms with Crippen molar-refractivity contribution in [3.63, 3.8) is 0 Å². The molecule has 0 radical (unpaired) electrons. The highest BCUT2D eigenvalue weighted by atomic mass is 16.5. The molecule has 168 valence electrons. The third kappa shape index (κ3) is 3.72. The predicted octanol–water partition coefficient (Wildman–Crippen LogP) is 4.50. The molecule has 0 saturated carbocycles. The van der Waals surface area contributed by atoms with E-state index in [-0.39, 0.29) is 0 Å². The van der Waals surface area contributed by atoms with E-state index in [2.05, 4.69) is 57.7 Å². The van der Waals surface area contributed by atoms with Crippen LogP contribution in [-0.4, -0.2) is 44.2 Å². The molecule has 2 aromatic carbocycles. The molecular weight excluding hydrogens is 412 g/mol. The van der Waals surface area contributed by atoms with Gasteiger partial charge in [0.2, 0.25) is 5.95 Å². The number of anilines is 1. The average molecular weight is 441 g/mol. The number of benzene rings is 2. The van der Waals surface area contributed by atoms with Crippen LogP contribution < -0.4 is 10.1 Å². The number of ether oxygens (including phenoxy) is 1. The standard InChI is InChI=1S/C26H28N6O/c1-18(31-12-2-3-13-31)19-7-9-20(10-8-19)23-16-28-26(32-17-29-30-25(23)32)27-15-21-5-4-6-24-22(21)11-14-33-24/h4-10,16-18H,2-3,11-15H2,1H3,(H,27,28). The first-order valence-electron chi connectivity index (χ1n) is 11.8. The van der Waals surface area contributed by atoms with E-state index in [0.717, 1.165) is 41.5 Å². The Kier molecular flexibility index (Phi) is 5.19. The molecule has 7 nitrogen and oxygen atoms in total. The Morgan fingerprint density at radius 3 is 2.79 bits per heavy atom. The van der Waals surface area contributed by atoms with Crippen molar-refractivity contribution in [3.8, 4) is 16.9 Å². The van der Waals surface area contributed by atoms with Gasteiger partial charge in [0, 0.05) is 36.3 Å². The van der Waals surface area contributed by atoms with E-state index >= 15 is 0 Å². The molecule has 1 unspecified atom stereocenters. The van der Waals surface area contributed by atoms with Crippen molar-refractivity contribution in [2.45, 2.75) is 38.8 Å². The summed E-state index contributed by atoms with van der Waals surface area (Å²) in [5.74, 6) is 1.73. The van der Waals surface area contributed by atoms with Crippen LogP contribution in [0.25, 0.3) is 16.8 Å². The predicted molar refractivity (Wildman–Crippen MR) is 128 cm³/mol. The lowest BCUT2D eigenvalue weighted by Gasteiger charge is -2.24. The lowest BCUT2D eigenvalue weighted by atomic mass is 10.0. The maximum atomic E-state index is 5.69. The van der Waals surface area contributed by atoms with Crippen molar-refractivity contribution in [2.75, 3.05) is 25.0 Å². The Balaban J connectivity index is 1.24. The van der Waals surface area contributed by atoms with E-state index in [1.165, 1.54) is 42.6 Å². The zero-order chi connectivity index (χ0) is 22.2. The second-order valence-electron chi connectivity index (χ2n) is 8.91. The van der Waals surface area contributed by atoms with E-state index < -0.39 is 0 Å². The molecule has 2 aliphatic heterocycles. The number of hydrogen-bond donors (Lipinski definition) is 1. The van der Waals surface area contributed by atoms with Gasteiger partial charge < -0.3 is 10.1 Å². The van der Waals surface area contributed by atoms with Gasteiger partial charge in [0.05, 0.1) is 6.61 Å². The molecule has 7 heteroatoms. The number of nitrogens with one attached hydrogen (secondary N) is 1. The van der Waals surface area contributed by atoms with Gasteiger partial charge in [-0.25, -0.2) is 4.98 Å². The van der Waals surface area contributed by atoms with Gasteiger partial charge in [0.25, 0.3) is 0 Å². The maximum absolute atomic E-state index is 5.69. The fraction of sp³-hybridized carbons (Fsp3) is 0.346. The fourth-order valence-corrected chi connectivity index (χ4v) is 5.07. The summed E-state index contributed by atoms with van der Waals surface area (Å²) in [6.07, 6.45) is 7.17. The molecule has 0 amide bonds. The quantitative estimate of drug-likeness (QED) is 0.476. The van der Waals surface area contributed by atoms with Crippen LogP contribution in [0.3, 0.4) is 0 Å². The maximum Gasteiger partial charge on any atom is 0.210 e. The van der Waals surface area contributed by atoms with Crippen molar-refractivity contribution < 1.29 is 4.74 Å². The number of hydrogen-bond acceptors (Lipinski definition) is 6. The summed E-state index contributed by atoms with van der Waals surface area (Å²) in [7, 11) is 0. The Bertz CT molecular complexity index is 1280. The molecule has 2 aromatic heterocycles. The average Bonchev–Trinajstić information content (AvgIpc) is 3.63. The van der Waals surface area contributed by atoms with Gasteiger partial charge >= 0.3 is 0 Å². The van der Waals surface area contributed by atoms with Crippen LogP contribution in [0.4, 0.5) is 5.95 Å². The van der Waals surface area contributed by atoms with Crippen molar-refractivity contribution in [1.29, 1.82) is 0 Å². The first kappa shape index (κ1) is 20.2. The van der Waals surface area contributed by atoms with Gasteiger partial charge in [-0.15, -0.1) is 10.2 Å². The summed E-state index contributed by atoms with van der Waals surface area (Å²) >= 11 is 0. The van der Waals surface area contributed by atoms with Gasteiger partial charge in [-0.3, -0.25) is 9.30 Å². The molecule has 1 fully saturated rings. The Morgan fingerprint density at radius 1 is 1.09 bits per heavy atom. The van der Waals surface area contributed by atoms with Crippen LogP contribution in [0.1, 0.15) is 42.5 Å². The molecule has 1 N–H and O–H groups in total. The number of rotatable bonds is 6. The third-order valence-electron chi connectivity index (χ3n) is 7.00. The van der Waals surface area contributed by atoms with Crippen LogP contribution in [-0.2, 0) is 13.0 Å². The molecule has 33 heavy (non-hydrogen) atoms. The normalized spacial score (nSPS) is 16.6. The summed E-state index contributed by atoms with van der Waals surface area (Å²) in [6, 6.07) is 15.5. The van der Waals surface area contributed by atoms with Crippen LogP contribution in [0.2, 0.25) is 0 Å². The van der Waals surface area contributed by atoms with E-state index in [1.54, 1.807) is 6.33 Å². The first-order chi connectivity index (χ1) is 16.3. The second kappa shape index (κ2) is 8.48. The summed E-state index contributed by atoms with van der Waals surface area (Å²) in [5, 5.41) is 12.0. The lowest BCUT2D eigenvalue weighted by Crippen LogP contribution is -2.23. The molecular formula is C26H28N6O. The number of likely N-dealkylation sites (tertiary alicyclic amines) is 1. The van der Waals surface area contributed by atoms with Gasteiger partial charge in [0.1, 0.15) is 12.1 Å². The van der Waals surface area contributed by atoms with E-state index in [4.69, 9.17) is 9.72 Å². The third-order valence-corrected chi connectivity index (χ3v) is 7.00. The Morgan fingerprint density at radius 2 is 1.94 bits per heavy atom. The zero-order valence-electron chi connectivity index (χ0n) is 18.9. The number of fused-ring (bicyclic) bond motifs is 2. The monoisotopic (exact) mass is 440 g/mol. The molecule has 1 atom stereocenters. The minimum atomic E-state index is 0.448. The highest BCUT2D eigenvalue weighted by Gasteiger charge is 2.20. The summed E-state index contributed by atoms with van der Waals surface area (Å²) in [6.45, 7) is 6.12. The van der Waals surface area contributed by atoms with E-state index in [1.807, 2.05) is 22.7 Å². The zero-order valence-corrected chi connectivity index (χ0v) is 18.9. The van der Waals surface area contributed by atoms with E-state index in [0.29, 0.717) is 12.6 Å². The number of aromatic nitrogens is 4. The molecule has 2 aliphatic rings. The first-order valence-corrected chi connectivity index (χ1v) is 11.8. The fourth-order valence-electron chi connectivity index (χ4n) is 5.07. The van der Waals surface area contributed by atoms with Crippen molar-refractivity contribution >= 4 is 11.6 Å². The van der Waals surface area contributed by atoms with Gasteiger partial charge in [-0.1, -0.05) is 36.4 Å². The number of nitrogens with zero attached hydrogens (tertiary/aromatic N) is 5. The summed E-state index contributed by atoms with van der Waals surface area (Å²) in [5.41, 5.74) is 6.75. The highest BCUT2D eigenvalue weighted by Crippen LogP contribution is 2.30. The molecule has 0 aliphatic carbocycles. The van der Waals surface area contributed by atoms with Crippen LogP contribution in [0, 0.1) is 0 Å². The van der Waals surface area contributed by atoms with Crippen molar-refractivity contribution in [1.82, 2.24) is 24.5 Å². The summed E-state index contributed by atoms with van der Waals surface area (Å²) < 4.78 is 7.62. The van der Waals surface area contributed by atoms with Gasteiger partial charge in [0.15, 0.2) is 5.65 Å². The molecule has 0 bridgehead atoms. The molecule has 6 rings (SSSR count). The Hall–Kier alpha value is -3.45. The largest absolute Gasteiger partial charge is 0.493 e. The highest BCUT2D eigenvalue weighted by molar-refractivity contribution is 5.77. The molecule has 0 spiro atoms.